The summed E-state index contributed by atoms with van der Waals surface area (Å²) in [4.78, 5) is 11.6. The van der Waals surface area contributed by atoms with Crippen LogP contribution in [0.25, 0.3) is 0 Å². The monoisotopic (exact) mass is 210 g/mol. The average Bonchev–Trinajstić information content (AvgIpc) is 2.48. The highest BCUT2D eigenvalue weighted by Gasteiger charge is 2.18. The fourth-order valence-electron chi connectivity index (χ4n) is 1.14. The number of amides is 1. The zero-order valence-electron chi connectivity index (χ0n) is 9.61. The van der Waals surface area contributed by atoms with Gasteiger partial charge in [-0.1, -0.05) is 13.8 Å². The third kappa shape index (κ3) is 2.56. The second-order valence-corrected chi connectivity index (χ2v) is 4.03. The summed E-state index contributed by atoms with van der Waals surface area (Å²) < 4.78 is 1.70. The third-order valence-corrected chi connectivity index (χ3v) is 2.51. The normalized spacial score (nSPS) is 12.9. The van der Waals surface area contributed by atoms with E-state index in [0.717, 1.165) is 11.4 Å². The Bertz CT molecular complexity index is 356. The Morgan fingerprint density at radius 2 is 2.20 bits per heavy atom. The number of aromatic nitrogens is 2. The van der Waals surface area contributed by atoms with Crippen LogP contribution in [-0.4, -0.2) is 21.7 Å². The first-order valence-electron chi connectivity index (χ1n) is 4.98. The van der Waals surface area contributed by atoms with Gasteiger partial charge in [-0.25, -0.2) is 0 Å². The summed E-state index contributed by atoms with van der Waals surface area (Å²) in [6, 6.07) is -0.482. The van der Waals surface area contributed by atoms with Gasteiger partial charge in [0.25, 0.3) is 0 Å². The molecule has 0 radical (unpaired) electrons. The van der Waals surface area contributed by atoms with E-state index < -0.39 is 6.04 Å². The van der Waals surface area contributed by atoms with Gasteiger partial charge in [-0.3, -0.25) is 9.48 Å². The number of aryl methyl sites for hydroxylation is 1. The van der Waals surface area contributed by atoms with Gasteiger partial charge in [-0.2, -0.15) is 5.10 Å². The van der Waals surface area contributed by atoms with E-state index in [1.165, 1.54) is 0 Å². The molecule has 0 saturated heterocycles. The maximum atomic E-state index is 11.6. The summed E-state index contributed by atoms with van der Waals surface area (Å²) >= 11 is 0. The maximum absolute atomic E-state index is 11.6. The number of carbonyl (C=O) groups is 1. The van der Waals surface area contributed by atoms with Crippen LogP contribution in [0, 0.1) is 12.8 Å². The van der Waals surface area contributed by atoms with Crippen LogP contribution >= 0.6 is 0 Å². The van der Waals surface area contributed by atoms with Crippen molar-refractivity contribution in [3.05, 3.63) is 11.9 Å². The van der Waals surface area contributed by atoms with Gasteiger partial charge >= 0.3 is 0 Å². The minimum atomic E-state index is -0.482. The third-order valence-electron chi connectivity index (χ3n) is 2.51. The molecular weight excluding hydrogens is 192 g/mol. The van der Waals surface area contributed by atoms with Gasteiger partial charge < -0.3 is 11.1 Å². The van der Waals surface area contributed by atoms with Crippen molar-refractivity contribution in [2.45, 2.75) is 26.8 Å². The Morgan fingerprint density at radius 3 is 2.60 bits per heavy atom. The molecule has 5 nitrogen and oxygen atoms in total. The molecule has 15 heavy (non-hydrogen) atoms. The van der Waals surface area contributed by atoms with Crippen molar-refractivity contribution in [2.75, 3.05) is 5.32 Å². The lowest BCUT2D eigenvalue weighted by Crippen LogP contribution is -2.39. The highest BCUT2D eigenvalue weighted by molar-refractivity contribution is 5.95. The summed E-state index contributed by atoms with van der Waals surface area (Å²) in [6.07, 6.45) is 1.63. The maximum Gasteiger partial charge on any atom is 0.241 e. The minimum absolute atomic E-state index is 0.127. The number of carbonyl (C=O) groups excluding carboxylic acids is 1. The standard InChI is InChI=1S/C10H18N4O/c1-6(2)9(11)10(15)13-8-5-12-14(4)7(8)3/h5-6,9H,11H2,1-4H3,(H,13,15)/t9-/m1/s1. The fraction of sp³-hybridized carbons (Fsp3) is 0.600. The van der Waals surface area contributed by atoms with Crippen molar-refractivity contribution in [2.24, 2.45) is 18.7 Å². The van der Waals surface area contributed by atoms with E-state index in [1.807, 2.05) is 27.8 Å². The second-order valence-electron chi connectivity index (χ2n) is 4.03. The predicted octanol–water partition coefficient (Wildman–Crippen LogP) is 0.650. The Kier molecular flexibility index (Phi) is 3.47. The summed E-state index contributed by atoms with van der Waals surface area (Å²) in [7, 11) is 1.83. The first-order chi connectivity index (χ1) is 6.93. The lowest BCUT2D eigenvalue weighted by molar-refractivity contribution is -0.118. The van der Waals surface area contributed by atoms with Crippen LogP contribution in [0.3, 0.4) is 0 Å². The molecule has 0 spiro atoms. The van der Waals surface area contributed by atoms with Crippen molar-refractivity contribution < 1.29 is 4.79 Å². The number of anilines is 1. The van der Waals surface area contributed by atoms with Crippen molar-refractivity contribution >= 4 is 11.6 Å². The summed E-state index contributed by atoms with van der Waals surface area (Å²) in [6.45, 7) is 5.73. The molecule has 1 amide bonds. The van der Waals surface area contributed by atoms with E-state index in [0.29, 0.717) is 0 Å². The molecule has 1 aromatic heterocycles. The molecule has 0 unspecified atom stereocenters. The molecule has 0 fully saturated rings. The number of nitrogens with zero attached hydrogens (tertiary/aromatic N) is 2. The van der Waals surface area contributed by atoms with Crippen molar-refractivity contribution in [3.8, 4) is 0 Å². The van der Waals surface area contributed by atoms with Crippen LogP contribution in [0.4, 0.5) is 5.69 Å². The van der Waals surface area contributed by atoms with E-state index in [-0.39, 0.29) is 11.8 Å². The topological polar surface area (TPSA) is 72.9 Å². The molecule has 1 atom stereocenters. The van der Waals surface area contributed by atoms with Gasteiger partial charge in [0.15, 0.2) is 0 Å². The molecule has 0 aliphatic heterocycles. The molecule has 5 heteroatoms. The van der Waals surface area contributed by atoms with Gasteiger partial charge in [0, 0.05) is 7.05 Å². The van der Waals surface area contributed by atoms with Crippen LogP contribution in [-0.2, 0) is 11.8 Å². The summed E-state index contributed by atoms with van der Waals surface area (Å²) in [5.41, 5.74) is 7.36. The highest BCUT2D eigenvalue weighted by atomic mass is 16.2. The van der Waals surface area contributed by atoms with Crippen LogP contribution < -0.4 is 11.1 Å². The molecule has 1 aromatic rings. The number of nitrogens with two attached hydrogens (primary N) is 1. The Hall–Kier alpha value is -1.36. The Labute approximate surface area is 89.6 Å². The van der Waals surface area contributed by atoms with Gasteiger partial charge in [0.2, 0.25) is 5.91 Å². The quantitative estimate of drug-likeness (QED) is 0.769. The fourth-order valence-corrected chi connectivity index (χ4v) is 1.14. The smallest absolute Gasteiger partial charge is 0.241 e. The van der Waals surface area contributed by atoms with Gasteiger partial charge in [-0.05, 0) is 12.8 Å². The first kappa shape index (κ1) is 11.7. The van der Waals surface area contributed by atoms with Crippen molar-refractivity contribution in [3.63, 3.8) is 0 Å². The second kappa shape index (κ2) is 4.44. The van der Waals surface area contributed by atoms with Gasteiger partial charge in [0.05, 0.1) is 23.6 Å². The van der Waals surface area contributed by atoms with E-state index in [9.17, 15) is 4.79 Å². The van der Waals surface area contributed by atoms with Crippen molar-refractivity contribution in [1.82, 2.24) is 9.78 Å². The van der Waals surface area contributed by atoms with Crippen LogP contribution in [0.1, 0.15) is 19.5 Å². The molecular formula is C10H18N4O. The van der Waals surface area contributed by atoms with Gasteiger partial charge in [0.1, 0.15) is 0 Å². The lowest BCUT2D eigenvalue weighted by Gasteiger charge is -2.14. The summed E-state index contributed by atoms with van der Waals surface area (Å²) in [5.74, 6) is -0.0388. The predicted molar refractivity (Wildman–Crippen MR) is 59.4 cm³/mol. The van der Waals surface area contributed by atoms with Gasteiger partial charge in [-0.15, -0.1) is 0 Å². The van der Waals surface area contributed by atoms with Crippen molar-refractivity contribution in [1.29, 1.82) is 0 Å². The van der Waals surface area contributed by atoms with E-state index in [4.69, 9.17) is 5.73 Å². The molecule has 1 heterocycles. The van der Waals surface area contributed by atoms with Crippen LogP contribution in [0.5, 0.6) is 0 Å². The molecule has 0 aliphatic rings. The molecule has 0 aromatic carbocycles. The zero-order valence-corrected chi connectivity index (χ0v) is 9.61. The van der Waals surface area contributed by atoms with Crippen LogP contribution in [0.2, 0.25) is 0 Å². The Balaban J connectivity index is 2.71. The number of nitrogens with one attached hydrogen (secondary N) is 1. The minimum Gasteiger partial charge on any atom is -0.322 e. The van der Waals surface area contributed by atoms with E-state index in [1.54, 1.807) is 10.9 Å². The molecule has 0 bridgehead atoms. The Morgan fingerprint density at radius 1 is 1.60 bits per heavy atom. The first-order valence-corrected chi connectivity index (χ1v) is 4.98. The average molecular weight is 210 g/mol. The molecule has 0 aliphatic carbocycles. The number of hydrogen-bond acceptors (Lipinski definition) is 3. The van der Waals surface area contributed by atoms with E-state index >= 15 is 0 Å². The van der Waals surface area contributed by atoms with E-state index in [2.05, 4.69) is 10.4 Å². The number of hydrogen-bond donors (Lipinski definition) is 2. The number of rotatable bonds is 3. The molecule has 0 saturated carbocycles. The lowest BCUT2D eigenvalue weighted by atomic mass is 10.1. The SMILES string of the molecule is Cc1c(NC(=O)[C@H](N)C(C)C)cnn1C. The molecule has 1 rings (SSSR count). The molecule has 84 valence electrons. The van der Waals surface area contributed by atoms with Crippen LogP contribution in [0.15, 0.2) is 6.20 Å². The largest absolute Gasteiger partial charge is 0.322 e. The molecule has 3 N–H and O–H groups in total. The zero-order chi connectivity index (χ0) is 11.6. The highest BCUT2D eigenvalue weighted by Crippen LogP contribution is 2.13. The summed E-state index contributed by atoms with van der Waals surface area (Å²) in [5, 5.41) is 6.80.